The number of carbonyl (C=O) groups excluding carboxylic acids is 3. The van der Waals surface area contributed by atoms with E-state index in [1.807, 2.05) is 0 Å². The molecule has 0 bridgehead atoms. The van der Waals surface area contributed by atoms with E-state index in [1.54, 1.807) is 0 Å². The second kappa shape index (κ2) is 55.9. The summed E-state index contributed by atoms with van der Waals surface area (Å²) < 4.78 is 16.8. The highest BCUT2D eigenvalue weighted by Gasteiger charge is 2.19. The first-order chi connectivity index (χ1) is 33.5. The summed E-state index contributed by atoms with van der Waals surface area (Å²) >= 11 is 0. The van der Waals surface area contributed by atoms with E-state index in [0.29, 0.717) is 19.3 Å². The first kappa shape index (κ1) is 64.3. The molecule has 0 aromatic heterocycles. The van der Waals surface area contributed by atoms with Crippen molar-refractivity contribution >= 4 is 17.9 Å². The highest BCUT2D eigenvalue weighted by atomic mass is 16.6. The zero-order chi connectivity index (χ0) is 49.3. The molecule has 0 heterocycles. The van der Waals surface area contributed by atoms with E-state index in [-0.39, 0.29) is 31.1 Å². The highest BCUT2D eigenvalue weighted by molar-refractivity contribution is 5.71. The molecule has 0 aliphatic rings. The van der Waals surface area contributed by atoms with Gasteiger partial charge in [-0.25, -0.2) is 0 Å². The van der Waals surface area contributed by atoms with Crippen LogP contribution < -0.4 is 0 Å². The molecule has 388 valence electrons. The third-order valence-electron chi connectivity index (χ3n) is 11.8. The van der Waals surface area contributed by atoms with Gasteiger partial charge in [0.2, 0.25) is 0 Å². The molecule has 0 radical (unpaired) electrons. The van der Waals surface area contributed by atoms with Crippen molar-refractivity contribution in [3.63, 3.8) is 0 Å². The first-order valence-electron chi connectivity index (χ1n) is 28.2. The summed E-state index contributed by atoms with van der Waals surface area (Å²) in [5.41, 5.74) is 0. The van der Waals surface area contributed by atoms with Gasteiger partial charge < -0.3 is 14.2 Å². The van der Waals surface area contributed by atoms with Crippen LogP contribution in [0.4, 0.5) is 0 Å². The van der Waals surface area contributed by atoms with Crippen molar-refractivity contribution in [3.05, 3.63) is 97.2 Å². The van der Waals surface area contributed by atoms with Gasteiger partial charge in [-0.05, 0) is 96.3 Å². The van der Waals surface area contributed by atoms with Gasteiger partial charge in [0.25, 0.3) is 0 Å². The Hall–Kier alpha value is -3.67. The number of ether oxygens (including phenoxy) is 3. The zero-order valence-electron chi connectivity index (χ0n) is 44.3. The predicted octanol–water partition coefficient (Wildman–Crippen LogP) is 18.9. The number of unbranched alkanes of at least 4 members (excludes halogenated alkanes) is 23. The minimum absolute atomic E-state index is 0.0869. The summed E-state index contributed by atoms with van der Waals surface area (Å²) in [6, 6.07) is 0. The minimum atomic E-state index is -0.790. The largest absolute Gasteiger partial charge is 0.462 e. The molecule has 1 atom stereocenters. The van der Waals surface area contributed by atoms with Crippen LogP contribution in [0.15, 0.2) is 97.2 Å². The SMILES string of the molecule is CC/C=C\C/C=C\C/C=C\C/C=C\C/C=C\CCCCCCCCCC(=O)OCC(COC(=O)CCCCCCCCCCCCCC)OC(=O)CCCCCCC/C=C\C/C=C\C/C=C\CC. The molecule has 0 amide bonds. The average Bonchev–Trinajstić information content (AvgIpc) is 3.34. The lowest BCUT2D eigenvalue weighted by molar-refractivity contribution is -0.167. The van der Waals surface area contributed by atoms with Crippen LogP contribution in [0.1, 0.15) is 258 Å². The minimum Gasteiger partial charge on any atom is -0.462 e. The highest BCUT2D eigenvalue weighted by Crippen LogP contribution is 2.15. The first-order valence-corrected chi connectivity index (χ1v) is 28.2. The van der Waals surface area contributed by atoms with Crippen LogP contribution in [0, 0.1) is 0 Å². The van der Waals surface area contributed by atoms with Crippen LogP contribution in [0.25, 0.3) is 0 Å². The third kappa shape index (κ3) is 53.3. The van der Waals surface area contributed by atoms with Gasteiger partial charge >= 0.3 is 17.9 Å². The lowest BCUT2D eigenvalue weighted by Crippen LogP contribution is -2.30. The molecule has 0 N–H and O–H groups in total. The van der Waals surface area contributed by atoms with E-state index in [2.05, 4.69) is 118 Å². The fraction of sp³-hybridized carbons (Fsp3) is 0.694. The molecule has 0 aromatic carbocycles. The van der Waals surface area contributed by atoms with Gasteiger partial charge in [0.1, 0.15) is 13.2 Å². The molecule has 0 spiro atoms. The monoisotopic (exact) mass is 945 g/mol. The number of hydrogen-bond acceptors (Lipinski definition) is 6. The van der Waals surface area contributed by atoms with Gasteiger partial charge in [-0.1, -0.05) is 240 Å². The molecule has 6 heteroatoms. The van der Waals surface area contributed by atoms with Gasteiger partial charge in [-0.2, -0.15) is 0 Å². The van der Waals surface area contributed by atoms with Crippen LogP contribution in [-0.4, -0.2) is 37.2 Å². The molecule has 1 unspecified atom stereocenters. The molecule has 0 saturated carbocycles. The topological polar surface area (TPSA) is 78.9 Å². The number of esters is 3. The number of allylic oxidation sites excluding steroid dienone is 16. The maximum Gasteiger partial charge on any atom is 0.306 e. The van der Waals surface area contributed by atoms with Gasteiger partial charge in [0.05, 0.1) is 0 Å². The quantitative estimate of drug-likeness (QED) is 0.0262. The fourth-order valence-electron chi connectivity index (χ4n) is 7.66. The Morgan fingerprint density at radius 1 is 0.309 bits per heavy atom. The van der Waals surface area contributed by atoms with Crippen LogP contribution in [0.5, 0.6) is 0 Å². The van der Waals surface area contributed by atoms with Crippen LogP contribution in [-0.2, 0) is 28.6 Å². The third-order valence-corrected chi connectivity index (χ3v) is 11.8. The van der Waals surface area contributed by atoms with Crippen LogP contribution >= 0.6 is 0 Å². The Balaban J connectivity index is 4.37. The molecular weight excluding hydrogens is 841 g/mol. The molecule has 0 aromatic rings. The molecule has 68 heavy (non-hydrogen) atoms. The average molecular weight is 946 g/mol. The van der Waals surface area contributed by atoms with E-state index in [0.717, 1.165) is 135 Å². The Morgan fingerprint density at radius 3 is 0.897 bits per heavy atom. The number of carbonyl (C=O) groups is 3. The molecule has 0 aliphatic carbocycles. The molecule has 0 aliphatic heterocycles. The van der Waals surface area contributed by atoms with Crippen molar-refractivity contribution < 1.29 is 28.6 Å². The molecule has 0 rings (SSSR count). The zero-order valence-corrected chi connectivity index (χ0v) is 44.3. The van der Waals surface area contributed by atoms with Gasteiger partial charge in [0, 0.05) is 19.3 Å². The van der Waals surface area contributed by atoms with Gasteiger partial charge in [-0.15, -0.1) is 0 Å². The summed E-state index contributed by atoms with van der Waals surface area (Å²) in [5, 5.41) is 0. The summed E-state index contributed by atoms with van der Waals surface area (Å²) in [4.78, 5) is 38.1. The second-order valence-corrected chi connectivity index (χ2v) is 18.4. The normalized spacial score (nSPS) is 12.8. The molecule has 6 nitrogen and oxygen atoms in total. The van der Waals surface area contributed by atoms with Crippen molar-refractivity contribution in [1.29, 1.82) is 0 Å². The van der Waals surface area contributed by atoms with Crippen molar-refractivity contribution in [2.45, 2.75) is 264 Å². The van der Waals surface area contributed by atoms with Crippen molar-refractivity contribution in [3.8, 4) is 0 Å². The lowest BCUT2D eigenvalue weighted by atomic mass is 10.0. The Kier molecular flexibility index (Phi) is 52.9. The molecule has 0 saturated heterocycles. The van der Waals surface area contributed by atoms with Crippen LogP contribution in [0.2, 0.25) is 0 Å². The van der Waals surface area contributed by atoms with E-state index in [4.69, 9.17) is 14.2 Å². The van der Waals surface area contributed by atoms with E-state index in [1.165, 1.54) is 83.5 Å². The summed E-state index contributed by atoms with van der Waals surface area (Å²) in [6.07, 6.45) is 73.9. The summed E-state index contributed by atoms with van der Waals surface area (Å²) in [5.74, 6) is -0.913. The number of hydrogen-bond donors (Lipinski definition) is 0. The van der Waals surface area contributed by atoms with Crippen molar-refractivity contribution in [2.75, 3.05) is 13.2 Å². The smallest absolute Gasteiger partial charge is 0.306 e. The summed E-state index contributed by atoms with van der Waals surface area (Å²) in [6.45, 7) is 6.39. The van der Waals surface area contributed by atoms with E-state index >= 15 is 0 Å². The Bertz CT molecular complexity index is 1360. The van der Waals surface area contributed by atoms with Crippen LogP contribution in [0.3, 0.4) is 0 Å². The maximum atomic E-state index is 12.8. The molecule has 0 fully saturated rings. The van der Waals surface area contributed by atoms with E-state index < -0.39 is 6.10 Å². The van der Waals surface area contributed by atoms with Gasteiger partial charge in [0.15, 0.2) is 6.10 Å². The van der Waals surface area contributed by atoms with Gasteiger partial charge in [-0.3, -0.25) is 14.4 Å². The standard InChI is InChI=1S/C62H104O6/c1-4-7-10-13-16-19-22-25-27-28-29-30-31-32-33-34-36-37-40-43-46-49-52-55-61(64)67-58-59(57-66-60(63)54-51-48-45-42-39-24-21-18-15-12-9-6-3)68-62(65)56-53-50-47-44-41-38-35-26-23-20-17-14-11-8-5-2/h7-8,10-11,16-17,19-20,25-27,29-30,32-33,35,59H,4-6,9,12-15,18,21-24,28,31,34,36-58H2,1-3H3/b10-7-,11-8-,19-16-,20-17-,27-25-,30-29-,33-32-,35-26-. The Labute approximate surface area is 419 Å². The lowest BCUT2D eigenvalue weighted by Gasteiger charge is -2.18. The second-order valence-electron chi connectivity index (χ2n) is 18.4. The van der Waals surface area contributed by atoms with Crippen molar-refractivity contribution in [2.24, 2.45) is 0 Å². The van der Waals surface area contributed by atoms with E-state index in [9.17, 15) is 14.4 Å². The fourth-order valence-corrected chi connectivity index (χ4v) is 7.66. The van der Waals surface area contributed by atoms with Crippen molar-refractivity contribution in [1.82, 2.24) is 0 Å². The maximum absolute atomic E-state index is 12.8. The predicted molar refractivity (Wildman–Crippen MR) is 293 cm³/mol. The summed E-state index contributed by atoms with van der Waals surface area (Å²) in [7, 11) is 0. The molecular formula is C62H104O6. The Morgan fingerprint density at radius 2 is 0.574 bits per heavy atom. The number of rotatable bonds is 50.